The van der Waals surface area contributed by atoms with Crippen molar-refractivity contribution in [3.63, 3.8) is 0 Å². The van der Waals surface area contributed by atoms with E-state index < -0.39 is 0 Å². The van der Waals surface area contributed by atoms with E-state index in [1.807, 2.05) is 6.08 Å². The zero-order valence-corrected chi connectivity index (χ0v) is 8.27. The monoisotopic (exact) mass is 186 g/mol. The summed E-state index contributed by atoms with van der Waals surface area (Å²) in [6, 6.07) is 14.6. The number of rotatable bonds is 1. The van der Waals surface area contributed by atoms with E-state index in [0.29, 0.717) is 0 Å². The number of benzene rings is 2. The summed E-state index contributed by atoms with van der Waals surface area (Å²) < 4.78 is 0. The lowest BCUT2D eigenvalue weighted by molar-refractivity contribution is 0.399. The molecule has 0 aromatic heterocycles. The maximum absolute atomic E-state index is 7.00. The molecule has 0 bridgehead atoms. The van der Waals surface area contributed by atoms with E-state index in [-0.39, 0.29) is 0 Å². The lowest BCUT2D eigenvalue weighted by Crippen LogP contribution is -1.75. The first-order valence-electron chi connectivity index (χ1n) is 4.47. The van der Waals surface area contributed by atoms with Crippen molar-refractivity contribution >= 4 is 16.8 Å². The molecule has 2 aromatic rings. The summed E-state index contributed by atoms with van der Waals surface area (Å²) in [6.45, 7) is 3.78. The Kier molecular flexibility index (Phi) is 3.89. The molecule has 0 aliphatic carbocycles. The van der Waals surface area contributed by atoms with Crippen LogP contribution in [0.4, 0.5) is 0 Å². The second-order valence-electron chi connectivity index (χ2n) is 2.77. The predicted molar refractivity (Wildman–Crippen MR) is 62.2 cm³/mol. The minimum atomic E-state index is 1.00. The predicted octanol–water partition coefficient (Wildman–Crippen LogP) is 3.09. The average molecular weight is 186 g/mol. The van der Waals surface area contributed by atoms with E-state index in [1.165, 1.54) is 16.3 Å². The Bertz CT molecular complexity index is 413. The van der Waals surface area contributed by atoms with Crippen LogP contribution in [-0.4, -0.2) is 12.2 Å². The van der Waals surface area contributed by atoms with Crippen molar-refractivity contribution in [1.29, 1.82) is 0 Å². The van der Waals surface area contributed by atoms with E-state index in [0.717, 1.165) is 7.11 Å². The lowest BCUT2D eigenvalue weighted by Gasteiger charge is -1.99. The zero-order chi connectivity index (χ0) is 10.4. The molecule has 0 amide bonds. The fraction of sp³-hybridized carbons (Fsp3) is 0.0769. The number of fused-ring (bicyclic) bond motifs is 1. The molecule has 0 unspecified atom stereocenters. The molecular formula is C13H14O. The Morgan fingerprint density at radius 1 is 1.00 bits per heavy atom. The van der Waals surface area contributed by atoms with Crippen LogP contribution in [0.15, 0.2) is 49.0 Å². The Balaban J connectivity index is 0.000000461. The smallest absolute Gasteiger partial charge is 0.0319 e. The highest BCUT2D eigenvalue weighted by Gasteiger charge is 1.93. The molecule has 0 fully saturated rings. The molecule has 72 valence electrons. The molecule has 0 heterocycles. The van der Waals surface area contributed by atoms with Gasteiger partial charge in [-0.25, -0.2) is 0 Å². The highest BCUT2D eigenvalue weighted by atomic mass is 16.2. The van der Waals surface area contributed by atoms with Crippen LogP contribution in [0.2, 0.25) is 0 Å². The van der Waals surface area contributed by atoms with Crippen LogP contribution in [0.5, 0.6) is 0 Å². The SMILES string of the molecule is C=Cc1cccc2ccccc12.CO. The third-order valence-corrected chi connectivity index (χ3v) is 2.04. The van der Waals surface area contributed by atoms with Gasteiger partial charge in [-0.3, -0.25) is 0 Å². The number of aliphatic hydroxyl groups is 1. The van der Waals surface area contributed by atoms with E-state index >= 15 is 0 Å². The number of hydrogen-bond donors (Lipinski definition) is 1. The van der Waals surface area contributed by atoms with Gasteiger partial charge < -0.3 is 5.11 Å². The van der Waals surface area contributed by atoms with Crippen molar-refractivity contribution < 1.29 is 5.11 Å². The van der Waals surface area contributed by atoms with Crippen LogP contribution in [0, 0.1) is 0 Å². The van der Waals surface area contributed by atoms with Gasteiger partial charge in [0.25, 0.3) is 0 Å². The van der Waals surface area contributed by atoms with Gasteiger partial charge >= 0.3 is 0 Å². The Hall–Kier alpha value is -1.60. The number of aliphatic hydroxyl groups excluding tert-OH is 1. The molecule has 0 atom stereocenters. The molecule has 2 rings (SSSR count). The topological polar surface area (TPSA) is 20.2 Å². The normalized spacial score (nSPS) is 9.00. The summed E-state index contributed by atoms with van der Waals surface area (Å²) in [7, 11) is 1.00. The van der Waals surface area contributed by atoms with Gasteiger partial charge in [0.05, 0.1) is 0 Å². The van der Waals surface area contributed by atoms with Gasteiger partial charge in [0.1, 0.15) is 0 Å². The highest BCUT2D eigenvalue weighted by molar-refractivity contribution is 5.90. The van der Waals surface area contributed by atoms with Gasteiger partial charge in [0.15, 0.2) is 0 Å². The third kappa shape index (κ3) is 2.01. The lowest BCUT2D eigenvalue weighted by atomic mass is 10.1. The van der Waals surface area contributed by atoms with Crippen molar-refractivity contribution in [3.8, 4) is 0 Å². The van der Waals surface area contributed by atoms with Crippen LogP contribution in [0.3, 0.4) is 0 Å². The van der Waals surface area contributed by atoms with Gasteiger partial charge in [-0.15, -0.1) is 0 Å². The van der Waals surface area contributed by atoms with Crippen LogP contribution in [0.1, 0.15) is 5.56 Å². The second kappa shape index (κ2) is 5.20. The average Bonchev–Trinajstić information content (AvgIpc) is 2.31. The van der Waals surface area contributed by atoms with Crippen molar-refractivity contribution in [1.82, 2.24) is 0 Å². The first kappa shape index (κ1) is 10.5. The largest absolute Gasteiger partial charge is 0.400 e. The summed E-state index contributed by atoms with van der Waals surface area (Å²) in [6.07, 6.45) is 1.89. The van der Waals surface area contributed by atoms with Gasteiger partial charge in [0.2, 0.25) is 0 Å². The minimum Gasteiger partial charge on any atom is -0.400 e. The van der Waals surface area contributed by atoms with Crippen molar-refractivity contribution in [2.75, 3.05) is 7.11 Å². The minimum absolute atomic E-state index is 1.00. The van der Waals surface area contributed by atoms with Gasteiger partial charge in [-0.05, 0) is 16.3 Å². The zero-order valence-electron chi connectivity index (χ0n) is 8.27. The fourth-order valence-corrected chi connectivity index (χ4v) is 1.43. The maximum Gasteiger partial charge on any atom is 0.0319 e. The van der Waals surface area contributed by atoms with Gasteiger partial charge in [-0.1, -0.05) is 55.1 Å². The molecular weight excluding hydrogens is 172 g/mol. The fourth-order valence-electron chi connectivity index (χ4n) is 1.43. The van der Waals surface area contributed by atoms with E-state index in [9.17, 15) is 0 Å². The first-order chi connectivity index (χ1) is 6.92. The molecule has 0 saturated heterocycles. The molecule has 2 aromatic carbocycles. The molecule has 1 N–H and O–H groups in total. The maximum atomic E-state index is 7.00. The van der Waals surface area contributed by atoms with E-state index in [2.05, 4.69) is 49.0 Å². The summed E-state index contributed by atoms with van der Waals surface area (Å²) in [5.41, 5.74) is 1.20. The summed E-state index contributed by atoms with van der Waals surface area (Å²) in [4.78, 5) is 0. The van der Waals surface area contributed by atoms with Gasteiger partial charge in [0, 0.05) is 7.11 Å². The molecule has 0 saturated carbocycles. The van der Waals surface area contributed by atoms with Gasteiger partial charge in [-0.2, -0.15) is 0 Å². The first-order valence-corrected chi connectivity index (χ1v) is 4.47. The summed E-state index contributed by atoms with van der Waals surface area (Å²) in [5.74, 6) is 0. The molecule has 0 radical (unpaired) electrons. The van der Waals surface area contributed by atoms with Crippen molar-refractivity contribution in [3.05, 3.63) is 54.6 Å². The van der Waals surface area contributed by atoms with Crippen molar-refractivity contribution in [2.45, 2.75) is 0 Å². The summed E-state index contributed by atoms with van der Waals surface area (Å²) in [5, 5.41) is 9.55. The summed E-state index contributed by atoms with van der Waals surface area (Å²) >= 11 is 0. The second-order valence-corrected chi connectivity index (χ2v) is 2.77. The van der Waals surface area contributed by atoms with Crippen LogP contribution < -0.4 is 0 Å². The standard InChI is InChI=1S/C12H10.CH4O/c1-2-10-7-5-8-11-6-3-4-9-12(10)11;1-2/h2-9H,1H2;2H,1H3. The Morgan fingerprint density at radius 2 is 1.64 bits per heavy atom. The molecule has 1 heteroatoms. The molecule has 14 heavy (non-hydrogen) atoms. The highest BCUT2D eigenvalue weighted by Crippen LogP contribution is 2.18. The van der Waals surface area contributed by atoms with Crippen LogP contribution >= 0.6 is 0 Å². The van der Waals surface area contributed by atoms with E-state index in [4.69, 9.17) is 5.11 Å². The molecule has 0 aliphatic heterocycles. The quantitative estimate of drug-likeness (QED) is 0.725. The molecule has 1 nitrogen and oxygen atoms in total. The van der Waals surface area contributed by atoms with Crippen molar-refractivity contribution in [2.24, 2.45) is 0 Å². The Morgan fingerprint density at radius 3 is 2.36 bits per heavy atom. The Labute approximate surface area is 84.3 Å². The number of hydrogen-bond acceptors (Lipinski definition) is 1. The third-order valence-electron chi connectivity index (χ3n) is 2.04. The van der Waals surface area contributed by atoms with Crippen LogP contribution in [-0.2, 0) is 0 Å². The van der Waals surface area contributed by atoms with Crippen LogP contribution in [0.25, 0.3) is 16.8 Å². The van der Waals surface area contributed by atoms with E-state index in [1.54, 1.807) is 0 Å². The molecule has 0 aliphatic rings. The molecule has 0 spiro atoms.